The summed E-state index contributed by atoms with van der Waals surface area (Å²) in [5, 5.41) is 12.6. The van der Waals surface area contributed by atoms with E-state index < -0.39 is 40.7 Å². The number of ether oxygens (including phenoxy) is 1. The number of halogens is 1. The highest BCUT2D eigenvalue weighted by Gasteiger charge is 2.31. The molecule has 0 bridgehead atoms. The fraction of sp³-hybridized carbons (Fsp3) is 0.318. The monoisotopic (exact) mass is 448 g/mol. The minimum atomic E-state index is -4.02. The number of aliphatic hydroxyl groups is 1. The highest BCUT2D eigenvalue weighted by molar-refractivity contribution is 7.89. The molecule has 1 aliphatic rings. The number of nitrogens with one attached hydrogen (secondary N) is 2. The SMILES string of the molecule is C[C@H](NC(=O)C[C@H]1C=C[C@@H](NS(=O)(=O)c2cccc(F)c2)[C@@H](CO)O1)c1ccccc1. The van der Waals surface area contributed by atoms with Crippen LogP contribution in [-0.4, -0.2) is 44.3 Å². The van der Waals surface area contributed by atoms with Crippen molar-refractivity contribution in [2.75, 3.05) is 6.61 Å². The van der Waals surface area contributed by atoms with Gasteiger partial charge in [0.05, 0.1) is 36.1 Å². The molecule has 0 radical (unpaired) electrons. The molecule has 0 unspecified atom stereocenters. The molecule has 3 N–H and O–H groups in total. The summed E-state index contributed by atoms with van der Waals surface area (Å²) in [5.74, 6) is -0.908. The number of carbonyl (C=O) groups excluding carboxylic acids is 1. The van der Waals surface area contributed by atoms with E-state index in [9.17, 15) is 22.7 Å². The van der Waals surface area contributed by atoms with E-state index >= 15 is 0 Å². The zero-order chi connectivity index (χ0) is 22.4. The van der Waals surface area contributed by atoms with Gasteiger partial charge < -0.3 is 15.2 Å². The summed E-state index contributed by atoms with van der Waals surface area (Å²) in [7, 11) is -4.02. The van der Waals surface area contributed by atoms with Crippen molar-refractivity contribution in [3.63, 3.8) is 0 Å². The average molecular weight is 449 g/mol. The van der Waals surface area contributed by atoms with Gasteiger partial charge in [-0.3, -0.25) is 4.79 Å². The Hall–Kier alpha value is -2.59. The summed E-state index contributed by atoms with van der Waals surface area (Å²) in [6.07, 6.45) is 1.64. The van der Waals surface area contributed by atoms with Gasteiger partial charge >= 0.3 is 0 Å². The third kappa shape index (κ3) is 6.20. The number of carbonyl (C=O) groups is 1. The molecule has 166 valence electrons. The summed E-state index contributed by atoms with van der Waals surface area (Å²) in [4.78, 5) is 12.2. The lowest BCUT2D eigenvalue weighted by molar-refractivity contribution is -0.125. The van der Waals surface area contributed by atoms with Gasteiger partial charge in [-0.05, 0) is 30.7 Å². The fourth-order valence-electron chi connectivity index (χ4n) is 3.30. The predicted molar refractivity (Wildman–Crippen MR) is 113 cm³/mol. The molecule has 3 rings (SSSR count). The number of hydrogen-bond donors (Lipinski definition) is 3. The van der Waals surface area contributed by atoms with E-state index in [0.717, 1.165) is 17.7 Å². The van der Waals surface area contributed by atoms with E-state index in [1.54, 1.807) is 12.2 Å². The van der Waals surface area contributed by atoms with Crippen LogP contribution in [0.4, 0.5) is 4.39 Å². The van der Waals surface area contributed by atoms with Crippen LogP contribution in [0, 0.1) is 5.82 Å². The van der Waals surface area contributed by atoms with Gasteiger partial charge in [-0.15, -0.1) is 0 Å². The molecule has 0 saturated heterocycles. The second-order valence-corrected chi connectivity index (χ2v) is 9.00. The van der Waals surface area contributed by atoms with Gasteiger partial charge in [0.15, 0.2) is 0 Å². The number of amides is 1. The number of rotatable bonds is 8. The molecule has 9 heteroatoms. The Morgan fingerprint density at radius 2 is 1.90 bits per heavy atom. The molecule has 1 amide bonds. The first kappa shape index (κ1) is 23.1. The predicted octanol–water partition coefficient (Wildman–Crippen LogP) is 2.06. The van der Waals surface area contributed by atoms with Gasteiger partial charge in [0, 0.05) is 0 Å². The number of sulfonamides is 1. The molecule has 0 saturated carbocycles. The van der Waals surface area contributed by atoms with Gasteiger partial charge in [0.25, 0.3) is 0 Å². The first-order chi connectivity index (χ1) is 14.8. The molecule has 0 aromatic heterocycles. The van der Waals surface area contributed by atoms with Crippen LogP contribution in [0.25, 0.3) is 0 Å². The van der Waals surface area contributed by atoms with Crippen molar-refractivity contribution >= 4 is 15.9 Å². The van der Waals surface area contributed by atoms with Crippen molar-refractivity contribution < 1.29 is 27.4 Å². The summed E-state index contributed by atoms with van der Waals surface area (Å²) < 4.78 is 46.5. The molecule has 1 aliphatic heterocycles. The molecule has 0 spiro atoms. The van der Waals surface area contributed by atoms with Crippen LogP contribution in [0.5, 0.6) is 0 Å². The minimum absolute atomic E-state index is 0.0214. The van der Waals surface area contributed by atoms with Crippen LogP contribution < -0.4 is 10.0 Å². The van der Waals surface area contributed by atoms with Crippen LogP contribution in [0.15, 0.2) is 71.6 Å². The van der Waals surface area contributed by atoms with E-state index in [4.69, 9.17) is 4.74 Å². The third-order valence-electron chi connectivity index (χ3n) is 4.92. The van der Waals surface area contributed by atoms with Crippen molar-refractivity contribution in [2.45, 2.75) is 42.5 Å². The Bertz CT molecular complexity index is 1030. The Balaban J connectivity index is 1.61. The molecule has 7 nitrogen and oxygen atoms in total. The zero-order valence-corrected chi connectivity index (χ0v) is 17.8. The van der Waals surface area contributed by atoms with Gasteiger partial charge in [-0.1, -0.05) is 48.6 Å². The second kappa shape index (κ2) is 10.1. The Morgan fingerprint density at radius 1 is 1.16 bits per heavy atom. The highest BCUT2D eigenvalue weighted by atomic mass is 32.2. The smallest absolute Gasteiger partial charge is 0.241 e. The molecule has 0 fully saturated rings. The number of benzene rings is 2. The van der Waals surface area contributed by atoms with E-state index in [0.29, 0.717) is 0 Å². The molecule has 4 atom stereocenters. The largest absolute Gasteiger partial charge is 0.394 e. The van der Waals surface area contributed by atoms with Gasteiger partial charge in [-0.25, -0.2) is 17.5 Å². The summed E-state index contributed by atoms with van der Waals surface area (Å²) >= 11 is 0. The highest BCUT2D eigenvalue weighted by Crippen LogP contribution is 2.19. The van der Waals surface area contributed by atoms with Crippen LogP contribution >= 0.6 is 0 Å². The summed E-state index contributed by atoms with van der Waals surface area (Å²) in [6.45, 7) is 1.41. The van der Waals surface area contributed by atoms with Crippen molar-refractivity contribution in [3.8, 4) is 0 Å². The zero-order valence-electron chi connectivity index (χ0n) is 16.9. The van der Waals surface area contributed by atoms with Crippen molar-refractivity contribution in [1.82, 2.24) is 10.0 Å². The quantitative estimate of drug-likeness (QED) is 0.536. The van der Waals surface area contributed by atoms with Crippen LogP contribution in [0.2, 0.25) is 0 Å². The molecule has 2 aromatic carbocycles. The molecular weight excluding hydrogens is 423 g/mol. The first-order valence-electron chi connectivity index (χ1n) is 9.85. The van der Waals surface area contributed by atoms with Gasteiger partial charge in [0.1, 0.15) is 11.9 Å². The summed E-state index contributed by atoms with van der Waals surface area (Å²) in [6, 6.07) is 13.1. The Kier molecular flexibility index (Phi) is 7.55. The second-order valence-electron chi connectivity index (χ2n) is 7.29. The molecular formula is C22H25FN2O5S. The fourth-order valence-corrected chi connectivity index (χ4v) is 4.55. The standard InChI is InChI=1S/C22H25FN2O5S/c1-15(16-6-3-2-4-7-16)24-22(27)13-18-10-11-20(21(14-26)30-18)25-31(28,29)19-9-5-8-17(23)12-19/h2-12,15,18,20-21,25-26H,13-14H2,1H3,(H,24,27)/t15-,18+,20+,21+/m0/s1. The van der Waals surface area contributed by atoms with E-state index in [2.05, 4.69) is 10.0 Å². The van der Waals surface area contributed by atoms with Gasteiger partial charge in [-0.2, -0.15) is 0 Å². The minimum Gasteiger partial charge on any atom is -0.394 e. The lowest BCUT2D eigenvalue weighted by atomic mass is 10.0. The molecule has 0 aliphatic carbocycles. The van der Waals surface area contributed by atoms with Crippen LogP contribution in [0.3, 0.4) is 0 Å². The van der Waals surface area contributed by atoms with Crippen molar-refractivity contribution in [1.29, 1.82) is 0 Å². The molecule has 2 aromatic rings. The molecule has 1 heterocycles. The van der Waals surface area contributed by atoms with Crippen LogP contribution in [-0.2, 0) is 19.6 Å². The van der Waals surface area contributed by atoms with E-state index in [1.165, 1.54) is 12.1 Å². The normalized spacial score (nSPS) is 22.1. The average Bonchev–Trinajstić information content (AvgIpc) is 2.75. The third-order valence-corrected chi connectivity index (χ3v) is 6.38. The van der Waals surface area contributed by atoms with Crippen LogP contribution in [0.1, 0.15) is 24.9 Å². The number of hydrogen-bond acceptors (Lipinski definition) is 5. The number of aliphatic hydroxyl groups excluding tert-OH is 1. The van der Waals surface area contributed by atoms with Crippen molar-refractivity contribution in [2.24, 2.45) is 0 Å². The van der Waals surface area contributed by atoms with E-state index in [-0.39, 0.29) is 23.3 Å². The maximum atomic E-state index is 13.4. The lowest BCUT2D eigenvalue weighted by Crippen LogP contribution is -2.49. The first-order valence-corrected chi connectivity index (χ1v) is 11.3. The topological polar surface area (TPSA) is 105 Å². The Labute approximate surface area is 181 Å². The lowest BCUT2D eigenvalue weighted by Gasteiger charge is -2.31. The van der Waals surface area contributed by atoms with E-state index in [1.807, 2.05) is 37.3 Å². The maximum absolute atomic E-state index is 13.4. The van der Waals surface area contributed by atoms with Gasteiger partial charge in [0.2, 0.25) is 15.9 Å². The Morgan fingerprint density at radius 3 is 2.58 bits per heavy atom. The summed E-state index contributed by atoms with van der Waals surface area (Å²) in [5.41, 5.74) is 0.969. The maximum Gasteiger partial charge on any atom is 0.241 e. The molecule has 31 heavy (non-hydrogen) atoms. The van der Waals surface area contributed by atoms with Crippen molar-refractivity contribution in [3.05, 3.63) is 78.1 Å².